The maximum Gasteiger partial charge on any atom is 0.264 e. The van der Waals surface area contributed by atoms with Gasteiger partial charge in [-0.05, 0) is 43.5 Å². The van der Waals surface area contributed by atoms with Crippen LogP contribution in [0.15, 0.2) is 46.2 Å². The number of halogens is 2. The molecule has 4 rings (SSSR count). The van der Waals surface area contributed by atoms with Crippen molar-refractivity contribution < 1.29 is 25.6 Å². The van der Waals surface area contributed by atoms with Crippen LogP contribution in [-0.2, 0) is 26.5 Å². The Labute approximate surface area is 155 Å². The van der Waals surface area contributed by atoms with E-state index in [4.69, 9.17) is 0 Å². The summed E-state index contributed by atoms with van der Waals surface area (Å²) < 4.78 is 81.6. The topological polar surface area (TPSA) is 83.5 Å². The van der Waals surface area contributed by atoms with Crippen molar-refractivity contribution in [1.82, 2.24) is 4.72 Å². The first-order valence-corrected chi connectivity index (χ1v) is 11.2. The molecule has 1 N–H and O–H groups in total. The van der Waals surface area contributed by atoms with E-state index in [1.165, 1.54) is 18.2 Å². The molecule has 1 aliphatic carbocycles. The summed E-state index contributed by atoms with van der Waals surface area (Å²) in [5, 5.41) is 0. The summed E-state index contributed by atoms with van der Waals surface area (Å²) in [7, 11) is -8.00. The molecule has 1 fully saturated rings. The molecular formula is C17H16F2N2O4S2. The van der Waals surface area contributed by atoms with Crippen LogP contribution >= 0.6 is 0 Å². The van der Waals surface area contributed by atoms with Crippen molar-refractivity contribution >= 4 is 25.7 Å². The Balaban J connectivity index is 1.73. The summed E-state index contributed by atoms with van der Waals surface area (Å²) in [6, 6.07) is 6.53. The number of hydrogen-bond acceptors (Lipinski definition) is 4. The third-order valence-electron chi connectivity index (χ3n) is 4.57. The van der Waals surface area contributed by atoms with E-state index in [-0.39, 0.29) is 40.0 Å². The fourth-order valence-corrected chi connectivity index (χ4v) is 6.02. The highest BCUT2D eigenvalue weighted by molar-refractivity contribution is 7.93. The zero-order chi connectivity index (χ0) is 19.4. The van der Waals surface area contributed by atoms with Crippen LogP contribution in [0.5, 0.6) is 0 Å². The molecule has 6 nitrogen and oxygen atoms in total. The molecule has 1 heterocycles. The molecule has 0 amide bonds. The van der Waals surface area contributed by atoms with E-state index in [0.717, 1.165) is 29.3 Å². The second-order valence-electron chi connectivity index (χ2n) is 6.58. The van der Waals surface area contributed by atoms with Crippen molar-refractivity contribution in [3.63, 3.8) is 0 Å². The first kappa shape index (κ1) is 18.3. The maximum atomic E-state index is 13.9. The molecule has 1 aliphatic heterocycles. The Hall–Kier alpha value is -2.04. The van der Waals surface area contributed by atoms with Crippen LogP contribution in [0.4, 0.5) is 14.5 Å². The molecule has 27 heavy (non-hydrogen) atoms. The normalized spacial score (nSPS) is 17.2. The fraction of sp³-hybridized carbons (Fsp3) is 0.294. The highest BCUT2D eigenvalue weighted by Crippen LogP contribution is 2.35. The van der Waals surface area contributed by atoms with Crippen LogP contribution < -0.4 is 9.03 Å². The second-order valence-corrected chi connectivity index (χ2v) is 10.2. The molecule has 10 heteroatoms. The van der Waals surface area contributed by atoms with E-state index in [9.17, 15) is 25.6 Å². The maximum absolute atomic E-state index is 13.9. The van der Waals surface area contributed by atoms with Gasteiger partial charge in [-0.1, -0.05) is 6.07 Å². The van der Waals surface area contributed by atoms with Crippen molar-refractivity contribution in [3.05, 3.63) is 53.6 Å². The number of anilines is 1. The lowest BCUT2D eigenvalue weighted by atomic mass is 10.1. The molecule has 0 aromatic heterocycles. The van der Waals surface area contributed by atoms with Gasteiger partial charge < -0.3 is 0 Å². The monoisotopic (exact) mass is 414 g/mol. The standard InChI is InChI=1S/C17H16F2N2O4S2/c18-11-8-16(19)15-6-7-21(17(15)9-11)27(24,25)14-3-1-2-13(10-14)26(22,23)20-12-4-5-12/h1-3,8-10,12,20H,4-7H2. The highest BCUT2D eigenvalue weighted by atomic mass is 32.2. The van der Waals surface area contributed by atoms with Gasteiger partial charge in [0.1, 0.15) is 11.6 Å². The van der Waals surface area contributed by atoms with Crippen LogP contribution in [0.3, 0.4) is 0 Å². The van der Waals surface area contributed by atoms with E-state index < -0.39 is 31.7 Å². The number of fused-ring (bicyclic) bond motifs is 1. The van der Waals surface area contributed by atoms with Crippen molar-refractivity contribution in [2.75, 3.05) is 10.8 Å². The van der Waals surface area contributed by atoms with E-state index in [2.05, 4.69) is 4.72 Å². The van der Waals surface area contributed by atoms with E-state index in [1.807, 2.05) is 0 Å². The Morgan fingerprint density at radius 3 is 2.41 bits per heavy atom. The van der Waals surface area contributed by atoms with Gasteiger partial charge in [-0.25, -0.2) is 30.3 Å². The number of sulfonamides is 2. The van der Waals surface area contributed by atoms with Crippen molar-refractivity contribution in [1.29, 1.82) is 0 Å². The molecular weight excluding hydrogens is 398 g/mol. The molecule has 0 saturated heterocycles. The van der Waals surface area contributed by atoms with Gasteiger partial charge >= 0.3 is 0 Å². The van der Waals surface area contributed by atoms with Crippen LogP contribution in [0, 0.1) is 11.6 Å². The molecule has 144 valence electrons. The lowest BCUT2D eigenvalue weighted by Gasteiger charge is -2.20. The van der Waals surface area contributed by atoms with Gasteiger partial charge in [-0.15, -0.1) is 0 Å². The van der Waals surface area contributed by atoms with Gasteiger partial charge in [0.2, 0.25) is 10.0 Å². The van der Waals surface area contributed by atoms with Crippen molar-refractivity contribution in [2.24, 2.45) is 0 Å². The number of hydrogen-bond donors (Lipinski definition) is 1. The number of nitrogens with one attached hydrogen (secondary N) is 1. The SMILES string of the molecule is O=S(=O)(NC1CC1)c1cccc(S(=O)(=O)N2CCc3c(F)cc(F)cc32)c1. The van der Waals surface area contributed by atoms with Crippen molar-refractivity contribution in [3.8, 4) is 0 Å². The quantitative estimate of drug-likeness (QED) is 0.813. The zero-order valence-electron chi connectivity index (χ0n) is 14.0. The third kappa shape index (κ3) is 3.32. The van der Waals surface area contributed by atoms with Gasteiger partial charge in [0, 0.05) is 24.2 Å². The summed E-state index contributed by atoms with van der Waals surface area (Å²) in [4.78, 5) is -0.418. The second kappa shape index (κ2) is 6.25. The van der Waals surface area contributed by atoms with Crippen molar-refractivity contribution in [2.45, 2.75) is 35.1 Å². The summed E-state index contributed by atoms with van der Waals surface area (Å²) in [5.74, 6) is -1.68. The molecule has 0 atom stereocenters. The Morgan fingerprint density at radius 1 is 1.00 bits per heavy atom. The van der Waals surface area contributed by atoms with E-state index >= 15 is 0 Å². The highest BCUT2D eigenvalue weighted by Gasteiger charge is 2.34. The van der Waals surface area contributed by atoms with Gasteiger partial charge in [-0.2, -0.15) is 0 Å². The first-order valence-electron chi connectivity index (χ1n) is 8.31. The largest absolute Gasteiger partial charge is 0.266 e. The third-order valence-corrected chi connectivity index (χ3v) is 7.90. The number of rotatable bonds is 5. The summed E-state index contributed by atoms with van der Waals surface area (Å²) >= 11 is 0. The van der Waals surface area contributed by atoms with E-state index in [0.29, 0.717) is 6.07 Å². The molecule has 2 aromatic rings. The number of nitrogens with zero attached hydrogens (tertiary/aromatic N) is 1. The Morgan fingerprint density at radius 2 is 1.70 bits per heavy atom. The van der Waals surface area contributed by atoms with Gasteiger partial charge in [-0.3, -0.25) is 4.31 Å². The minimum absolute atomic E-state index is 0.0463. The average molecular weight is 414 g/mol. The van der Waals surface area contributed by atoms with Crippen LogP contribution in [0.25, 0.3) is 0 Å². The summed E-state index contributed by atoms with van der Waals surface area (Å²) in [6.45, 7) is -0.0463. The van der Waals surface area contributed by atoms with Crippen LogP contribution in [-0.4, -0.2) is 29.4 Å². The van der Waals surface area contributed by atoms with Crippen LogP contribution in [0.2, 0.25) is 0 Å². The molecule has 0 bridgehead atoms. The van der Waals surface area contributed by atoms with Gasteiger partial charge in [0.05, 0.1) is 15.5 Å². The minimum Gasteiger partial charge on any atom is -0.266 e. The summed E-state index contributed by atoms with van der Waals surface area (Å²) in [6.07, 6.45) is 1.61. The molecule has 0 unspecified atom stereocenters. The lowest BCUT2D eigenvalue weighted by Crippen LogP contribution is -2.30. The minimum atomic E-state index is -4.17. The first-order chi connectivity index (χ1) is 12.7. The molecule has 2 aliphatic rings. The molecule has 0 radical (unpaired) electrons. The van der Waals surface area contributed by atoms with Gasteiger partial charge in [0.15, 0.2) is 0 Å². The Bertz CT molecular complexity index is 1130. The van der Waals surface area contributed by atoms with Crippen LogP contribution in [0.1, 0.15) is 18.4 Å². The molecule has 1 saturated carbocycles. The molecule has 0 spiro atoms. The fourth-order valence-electron chi connectivity index (χ4n) is 3.06. The average Bonchev–Trinajstić information content (AvgIpc) is 3.29. The smallest absolute Gasteiger partial charge is 0.264 e. The predicted molar refractivity (Wildman–Crippen MR) is 94.4 cm³/mol. The summed E-state index contributed by atoms with van der Waals surface area (Å²) in [5.41, 5.74) is 0.0658. The lowest BCUT2D eigenvalue weighted by molar-refractivity contribution is 0.577. The predicted octanol–water partition coefficient (Wildman–Crippen LogP) is 2.16. The van der Waals surface area contributed by atoms with Gasteiger partial charge in [0.25, 0.3) is 10.0 Å². The number of benzene rings is 2. The van der Waals surface area contributed by atoms with E-state index in [1.54, 1.807) is 0 Å². The zero-order valence-corrected chi connectivity index (χ0v) is 15.7. The molecule has 2 aromatic carbocycles. The Kier molecular flexibility index (Phi) is 4.24.